The Morgan fingerprint density at radius 1 is 1.50 bits per heavy atom. The number of benzene rings is 1. The molecule has 0 amide bonds. The zero-order valence-electron chi connectivity index (χ0n) is 9.70. The van der Waals surface area contributed by atoms with Crippen molar-refractivity contribution in [1.29, 1.82) is 0 Å². The molecule has 0 radical (unpaired) electrons. The molecule has 2 N–H and O–H groups in total. The summed E-state index contributed by atoms with van der Waals surface area (Å²) in [5.41, 5.74) is 7.17. The Kier molecular flexibility index (Phi) is 3.85. The van der Waals surface area contributed by atoms with Gasteiger partial charge in [0, 0.05) is 11.1 Å². The monoisotopic (exact) mass is 238 g/mol. The van der Waals surface area contributed by atoms with E-state index >= 15 is 0 Å². The van der Waals surface area contributed by atoms with Crippen LogP contribution in [0.25, 0.3) is 0 Å². The summed E-state index contributed by atoms with van der Waals surface area (Å²) in [4.78, 5) is 2.40. The van der Waals surface area contributed by atoms with E-state index in [1.54, 1.807) is 0 Å². The average molecular weight is 239 g/mol. The lowest BCUT2D eigenvalue weighted by Crippen LogP contribution is -2.39. The number of nitrogens with two attached hydrogens (primary N) is 1. The van der Waals surface area contributed by atoms with Gasteiger partial charge in [0.2, 0.25) is 0 Å². The van der Waals surface area contributed by atoms with Crippen LogP contribution in [0.5, 0.6) is 0 Å². The van der Waals surface area contributed by atoms with E-state index in [-0.39, 0.29) is 0 Å². The highest BCUT2D eigenvalue weighted by atomic mass is 35.5. The molecule has 0 saturated carbocycles. The van der Waals surface area contributed by atoms with Crippen molar-refractivity contribution >= 4 is 11.6 Å². The van der Waals surface area contributed by atoms with Gasteiger partial charge in [0.15, 0.2) is 0 Å². The molecular formula is C13H19ClN2. The summed E-state index contributed by atoms with van der Waals surface area (Å²) in [7, 11) is 2.17. The largest absolute Gasteiger partial charge is 0.330 e. The maximum Gasteiger partial charge on any atom is 0.0409 e. The van der Waals surface area contributed by atoms with Gasteiger partial charge in [-0.15, -0.1) is 0 Å². The SMILES string of the molecule is CN1CCC[C@@H](CN)[C@H]1c1cccc(Cl)c1. The van der Waals surface area contributed by atoms with E-state index in [0.717, 1.165) is 18.1 Å². The first kappa shape index (κ1) is 11.9. The van der Waals surface area contributed by atoms with Crippen LogP contribution in [0.15, 0.2) is 24.3 Å². The molecule has 0 aliphatic carbocycles. The molecule has 3 heteroatoms. The quantitative estimate of drug-likeness (QED) is 0.859. The van der Waals surface area contributed by atoms with Crippen LogP contribution >= 0.6 is 11.6 Å². The van der Waals surface area contributed by atoms with E-state index in [9.17, 15) is 0 Å². The third-order valence-corrected chi connectivity index (χ3v) is 3.74. The van der Waals surface area contributed by atoms with Crippen LogP contribution in [0, 0.1) is 5.92 Å². The van der Waals surface area contributed by atoms with E-state index in [0.29, 0.717) is 12.0 Å². The second-order valence-electron chi connectivity index (χ2n) is 4.62. The minimum atomic E-state index is 0.428. The number of nitrogens with zero attached hydrogens (tertiary/aromatic N) is 1. The van der Waals surface area contributed by atoms with E-state index in [1.807, 2.05) is 12.1 Å². The summed E-state index contributed by atoms with van der Waals surface area (Å²) in [5, 5.41) is 0.812. The van der Waals surface area contributed by atoms with E-state index in [1.165, 1.54) is 18.4 Å². The van der Waals surface area contributed by atoms with Crippen LogP contribution in [0.2, 0.25) is 5.02 Å². The second kappa shape index (κ2) is 5.17. The fraction of sp³-hybridized carbons (Fsp3) is 0.538. The van der Waals surface area contributed by atoms with Gasteiger partial charge in [-0.1, -0.05) is 23.7 Å². The molecule has 1 aromatic rings. The zero-order chi connectivity index (χ0) is 11.5. The molecule has 1 aromatic carbocycles. The molecule has 1 fully saturated rings. The lowest BCUT2D eigenvalue weighted by Gasteiger charge is -2.39. The molecule has 0 unspecified atom stereocenters. The summed E-state index contributed by atoms with van der Waals surface area (Å²) < 4.78 is 0. The van der Waals surface area contributed by atoms with Gasteiger partial charge < -0.3 is 5.73 Å². The van der Waals surface area contributed by atoms with E-state index < -0.39 is 0 Å². The van der Waals surface area contributed by atoms with Gasteiger partial charge in [0.25, 0.3) is 0 Å². The summed E-state index contributed by atoms with van der Waals surface area (Å²) in [6.45, 7) is 1.90. The Hall–Kier alpha value is -0.570. The van der Waals surface area contributed by atoms with Crippen molar-refractivity contribution in [2.75, 3.05) is 20.1 Å². The maximum absolute atomic E-state index is 6.05. The van der Waals surface area contributed by atoms with E-state index in [4.69, 9.17) is 17.3 Å². The lowest BCUT2D eigenvalue weighted by atomic mass is 9.85. The molecule has 0 aromatic heterocycles. The summed E-state index contributed by atoms with van der Waals surface area (Å²) in [6, 6.07) is 8.59. The minimum absolute atomic E-state index is 0.428. The van der Waals surface area contributed by atoms with Gasteiger partial charge in [-0.2, -0.15) is 0 Å². The molecule has 2 rings (SSSR count). The highest BCUT2D eigenvalue weighted by Gasteiger charge is 2.29. The van der Waals surface area contributed by atoms with Crippen LogP contribution < -0.4 is 5.73 Å². The van der Waals surface area contributed by atoms with Crippen molar-refractivity contribution < 1.29 is 0 Å². The van der Waals surface area contributed by atoms with Crippen molar-refractivity contribution in [2.45, 2.75) is 18.9 Å². The number of halogens is 1. The highest BCUT2D eigenvalue weighted by molar-refractivity contribution is 6.30. The lowest BCUT2D eigenvalue weighted by molar-refractivity contribution is 0.125. The van der Waals surface area contributed by atoms with Gasteiger partial charge >= 0.3 is 0 Å². The molecule has 1 heterocycles. The van der Waals surface area contributed by atoms with Crippen LogP contribution in [0.4, 0.5) is 0 Å². The zero-order valence-corrected chi connectivity index (χ0v) is 10.5. The van der Waals surface area contributed by atoms with Crippen LogP contribution in [0.1, 0.15) is 24.4 Å². The minimum Gasteiger partial charge on any atom is -0.330 e. The van der Waals surface area contributed by atoms with Crippen molar-refractivity contribution in [3.05, 3.63) is 34.9 Å². The molecule has 0 spiro atoms. The molecule has 0 bridgehead atoms. The molecule has 1 aliphatic rings. The normalized spacial score (nSPS) is 26.9. The Morgan fingerprint density at radius 3 is 3.00 bits per heavy atom. The summed E-state index contributed by atoms with van der Waals surface area (Å²) in [6.07, 6.45) is 2.47. The van der Waals surface area contributed by atoms with Gasteiger partial charge in [0.1, 0.15) is 0 Å². The molecule has 1 aliphatic heterocycles. The third kappa shape index (κ3) is 2.40. The van der Waals surface area contributed by atoms with Crippen molar-refractivity contribution in [1.82, 2.24) is 4.90 Å². The number of likely N-dealkylation sites (tertiary alicyclic amines) is 1. The fourth-order valence-electron chi connectivity index (χ4n) is 2.72. The summed E-state index contributed by atoms with van der Waals surface area (Å²) >= 11 is 6.05. The topological polar surface area (TPSA) is 29.3 Å². The van der Waals surface area contributed by atoms with Gasteiger partial charge in [0.05, 0.1) is 0 Å². The van der Waals surface area contributed by atoms with Crippen LogP contribution in [-0.2, 0) is 0 Å². The van der Waals surface area contributed by atoms with Gasteiger partial charge in [-0.3, -0.25) is 4.90 Å². The Bertz CT molecular complexity index is 354. The van der Waals surface area contributed by atoms with Crippen LogP contribution in [-0.4, -0.2) is 25.0 Å². The van der Waals surface area contributed by atoms with Gasteiger partial charge in [-0.05, 0) is 56.6 Å². The maximum atomic E-state index is 6.05. The van der Waals surface area contributed by atoms with Gasteiger partial charge in [-0.25, -0.2) is 0 Å². The predicted molar refractivity (Wildman–Crippen MR) is 68.6 cm³/mol. The molecule has 2 nitrogen and oxygen atoms in total. The molecule has 16 heavy (non-hydrogen) atoms. The third-order valence-electron chi connectivity index (χ3n) is 3.50. The predicted octanol–water partition coefficient (Wildman–Crippen LogP) is 2.68. The Labute approximate surface area is 102 Å². The van der Waals surface area contributed by atoms with Crippen molar-refractivity contribution in [2.24, 2.45) is 11.7 Å². The first-order valence-corrected chi connectivity index (χ1v) is 6.26. The van der Waals surface area contributed by atoms with E-state index in [2.05, 4.69) is 24.1 Å². The Balaban J connectivity index is 2.28. The molecule has 1 saturated heterocycles. The number of piperidine rings is 1. The highest BCUT2D eigenvalue weighted by Crippen LogP contribution is 2.35. The number of hydrogen-bond acceptors (Lipinski definition) is 2. The molecule has 2 atom stereocenters. The number of hydrogen-bond donors (Lipinski definition) is 1. The average Bonchev–Trinajstić information content (AvgIpc) is 2.28. The molecular weight excluding hydrogens is 220 g/mol. The first-order valence-electron chi connectivity index (χ1n) is 5.88. The standard InChI is InChI=1S/C13H19ClN2/c1-16-7-3-5-11(9-15)13(16)10-4-2-6-12(14)8-10/h2,4,6,8,11,13H,3,5,7,9,15H2,1H3/t11-,13+/m0/s1. The molecule has 88 valence electrons. The van der Waals surface area contributed by atoms with Crippen molar-refractivity contribution in [3.8, 4) is 0 Å². The first-order chi connectivity index (χ1) is 7.72. The fourth-order valence-corrected chi connectivity index (χ4v) is 2.92. The second-order valence-corrected chi connectivity index (χ2v) is 5.05. The van der Waals surface area contributed by atoms with Crippen molar-refractivity contribution in [3.63, 3.8) is 0 Å². The van der Waals surface area contributed by atoms with Crippen LogP contribution in [0.3, 0.4) is 0 Å². The number of rotatable bonds is 2. The summed E-state index contributed by atoms with van der Waals surface area (Å²) in [5.74, 6) is 0.553. The smallest absolute Gasteiger partial charge is 0.0409 e. The Morgan fingerprint density at radius 2 is 2.31 bits per heavy atom.